The predicted octanol–water partition coefficient (Wildman–Crippen LogP) is 2.28. The molecule has 0 radical (unpaired) electrons. The van der Waals surface area contributed by atoms with Crippen molar-refractivity contribution in [2.75, 3.05) is 13.2 Å². The Morgan fingerprint density at radius 3 is 2.80 bits per heavy atom. The van der Waals surface area contributed by atoms with Crippen molar-refractivity contribution >= 4 is 11.6 Å². The molecule has 1 rings (SSSR count). The van der Waals surface area contributed by atoms with Crippen LogP contribution in [-0.4, -0.2) is 30.1 Å². The van der Waals surface area contributed by atoms with E-state index in [9.17, 15) is 19.3 Å². The van der Waals surface area contributed by atoms with Crippen LogP contribution in [0.25, 0.3) is 0 Å². The number of halogens is 1. The number of nitrogens with one attached hydrogen (secondary N) is 1. The van der Waals surface area contributed by atoms with Gasteiger partial charge in [0.15, 0.2) is 0 Å². The van der Waals surface area contributed by atoms with E-state index >= 15 is 0 Å². The van der Waals surface area contributed by atoms with Gasteiger partial charge in [0, 0.05) is 25.3 Å². The Kier molecular flexibility index (Phi) is 6.05. The van der Waals surface area contributed by atoms with E-state index in [1.807, 2.05) is 13.8 Å². The summed E-state index contributed by atoms with van der Waals surface area (Å²) in [5.74, 6) is -1.46. The summed E-state index contributed by atoms with van der Waals surface area (Å²) < 4.78 is 18.7. The van der Waals surface area contributed by atoms with Crippen LogP contribution in [0.1, 0.15) is 30.6 Å². The fourth-order valence-electron chi connectivity index (χ4n) is 1.49. The predicted molar refractivity (Wildman–Crippen MR) is 71.1 cm³/mol. The van der Waals surface area contributed by atoms with Crippen LogP contribution >= 0.6 is 0 Å². The molecule has 1 aromatic rings. The van der Waals surface area contributed by atoms with Gasteiger partial charge >= 0.3 is 0 Å². The highest BCUT2D eigenvalue weighted by atomic mass is 19.1. The molecule has 0 aliphatic rings. The molecule has 7 heteroatoms. The molecule has 0 aromatic heterocycles. The van der Waals surface area contributed by atoms with Crippen molar-refractivity contribution in [3.63, 3.8) is 0 Å². The average Bonchev–Trinajstić information content (AvgIpc) is 2.37. The first-order valence-electron chi connectivity index (χ1n) is 6.25. The standard InChI is InChI=1S/C13H17FN2O4/c1-9(2)20-7-3-6-15-13(17)11-8-10(16(18)19)4-5-12(11)14/h4-5,8-9H,3,6-7H2,1-2H3,(H,15,17). The van der Waals surface area contributed by atoms with Crippen LogP contribution in [0.4, 0.5) is 10.1 Å². The maximum Gasteiger partial charge on any atom is 0.270 e. The summed E-state index contributed by atoms with van der Waals surface area (Å²) in [5.41, 5.74) is -0.649. The second-order valence-corrected chi connectivity index (χ2v) is 4.45. The van der Waals surface area contributed by atoms with Gasteiger partial charge in [0.2, 0.25) is 0 Å². The second kappa shape index (κ2) is 7.54. The third-order valence-electron chi connectivity index (χ3n) is 2.46. The molecular formula is C13H17FN2O4. The molecule has 20 heavy (non-hydrogen) atoms. The molecule has 1 N–H and O–H groups in total. The minimum Gasteiger partial charge on any atom is -0.379 e. The number of benzene rings is 1. The fraction of sp³-hybridized carbons (Fsp3) is 0.462. The third kappa shape index (κ3) is 4.93. The van der Waals surface area contributed by atoms with Crippen LogP contribution < -0.4 is 5.32 Å². The molecule has 110 valence electrons. The maximum absolute atomic E-state index is 13.5. The Bertz CT molecular complexity index is 491. The van der Waals surface area contributed by atoms with Gasteiger partial charge in [-0.3, -0.25) is 14.9 Å². The second-order valence-electron chi connectivity index (χ2n) is 4.45. The van der Waals surface area contributed by atoms with Crippen molar-refractivity contribution in [1.29, 1.82) is 0 Å². The molecule has 0 aliphatic carbocycles. The lowest BCUT2D eigenvalue weighted by Crippen LogP contribution is -2.26. The number of nitro benzene ring substituents is 1. The van der Waals surface area contributed by atoms with Crippen LogP contribution in [0.2, 0.25) is 0 Å². The topological polar surface area (TPSA) is 81.5 Å². The van der Waals surface area contributed by atoms with Crippen LogP contribution in [-0.2, 0) is 4.74 Å². The van der Waals surface area contributed by atoms with Crippen LogP contribution in [0.15, 0.2) is 18.2 Å². The number of hydrogen-bond acceptors (Lipinski definition) is 4. The number of hydrogen-bond donors (Lipinski definition) is 1. The molecule has 1 amide bonds. The monoisotopic (exact) mass is 284 g/mol. The van der Waals surface area contributed by atoms with E-state index in [2.05, 4.69) is 5.32 Å². The van der Waals surface area contributed by atoms with Crippen LogP contribution in [0, 0.1) is 15.9 Å². The van der Waals surface area contributed by atoms with Crippen molar-refractivity contribution in [3.05, 3.63) is 39.7 Å². The highest BCUT2D eigenvalue weighted by Gasteiger charge is 2.16. The zero-order valence-electron chi connectivity index (χ0n) is 11.4. The smallest absolute Gasteiger partial charge is 0.270 e. The van der Waals surface area contributed by atoms with E-state index < -0.39 is 16.6 Å². The first-order chi connectivity index (χ1) is 9.41. The van der Waals surface area contributed by atoms with Gasteiger partial charge in [-0.05, 0) is 26.3 Å². The van der Waals surface area contributed by atoms with Gasteiger partial charge in [0.1, 0.15) is 5.82 Å². The Hall–Kier alpha value is -2.02. The zero-order valence-corrected chi connectivity index (χ0v) is 11.4. The summed E-state index contributed by atoms with van der Waals surface area (Å²) in [6, 6.07) is 2.85. The SMILES string of the molecule is CC(C)OCCCNC(=O)c1cc([N+](=O)[O-])ccc1F. The molecule has 0 saturated heterocycles. The molecule has 0 bridgehead atoms. The summed E-state index contributed by atoms with van der Waals surface area (Å²) in [5, 5.41) is 13.1. The van der Waals surface area contributed by atoms with Gasteiger partial charge < -0.3 is 10.1 Å². The van der Waals surface area contributed by atoms with Crippen molar-refractivity contribution in [2.45, 2.75) is 26.4 Å². The number of carbonyl (C=O) groups is 1. The Morgan fingerprint density at radius 1 is 1.50 bits per heavy atom. The highest BCUT2D eigenvalue weighted by Crippen LogP contribution is 2.16. The summed E-state index contributed by atoms with van der Waals surface area (Å²) in [6.07, 6.45) is 0.695. The highest BCUT2D eigenvalue weighted by molar-refractivity contribution is 5.95. The molecule has 0 spiro atoms. The molecule has 6 nitrogen and oxygen atoms in total. The normalized spacial score (nSPS) is 10.6. The summed E-state index contributed by atoms with van der Waals surface area (Å²) in [6.45, 7) is 4.59. The van der Waals surface area contributed by atoms with E-state index in [4.69, 9.17) is 4.74 Å². The zero-order chi connectivity index (χ0) is 15.1. The molecular weight excluding hydrogens is 267 g/mol. The number of amides is 1. The van der Waals surface area contributed by atoms with E-state index in [-0.39, 0.29) is 17.4 Å². The minimum absolute atomic E-state index is 0.111. The Balaban J connectivity index is 2.55. The Labute approximate surface area is 116 Å². The number of ether oxygens (including phenoxy) is 1. The quantitative estimate of drug-likeness (QED) is 0.473. The van der Waals surface area contributed by atoms with Crippen LogP contribution in [0.5, 0.6) is 0 Å². The van der Waals surface area contributed by atoms with E-state index in [1.165, 1.54) is 0 Å². The molecule has 1 aromatic carbocycles. The summed E-state index contributed by atoms with van der Waals surface area (Å²) >= 11 is 0. The molecule has 0 fully saturated rings. The van der Waals surface area contributed by atoms with E-state index in [0.29, 0.717) is 19.6 Å². The summed E-state index contributed by atoms with van der Waals surface area (Å²) in [7, 11) is 0. The molecule has 0 aliphatic heterocycles. The molecule has 0 unspecified atom stereocenters. The first-order valence-corrected chi connectivity index (χ1v) is 6.25. The number of carbonyl (C=O) groups excluding carboxylic acids is 1. The largest absolute Gasteiger partial charge is 0.379 e. The van der Waals surface area contributed by atoms with Gasteiger partial charge in [-0.1, -0.05) is 0 Å². The van der Waals surface area contributed by atoms with Crippen molar-refractivity contribution < 1.29 is 18.8 Å². The molecule has 0 heterocycles. The number of nitrogens with zero attached hydrogens (tertiary/aromatic N) is 1. The molecule has 0 atom stereocenters. The number of non-ortho nitro benzene ring substituents is 1. The lowest BCUT2D eigenvalue weighted by Gasteiger charge is -2.08. The Morgan fingerprint density at radius 2 is 2.20 bits per heavy atom. The van der Waals surface area contributed by atoms with Gasteiger partial charge in [-0.15, -0.1) is 0 Å². The average molecular weight is 284 g/mol. The van der Waals surface area contributed by atoms with Crippen molar-refractivity contribution in [1.82, 2.24) is 5.32 Å². The van der Waals surface area contributed by atoms with Gasteiger partial charge in [0.25, 0.3) is 11.6 Å². The summed E-state index contributed by atoms with van der Waals surface area (Å²) in [4.78, 5) is 21.6. The fourth-order valence-corrected chi connectivity index (χ4v) is 1.49. The lowest BCUT2D eigenvalue weighted by molar-refractivity contribution is -0.384. The minimum atomic E-state index is -0.786. The molecule has 0 saturated carbocycles. The third-order valence-corrected chi connectivity index (χ3v) is 2.46. The van der Waals surface area contributed by atoms with Crippen LogP contribution in [0.3, 0.4) is 0 Å². The van der Waals surface area contributed by atoms with Gasteiger partial charge in [-0.2, -0.15) is 0 Å². The maximum atomic E-state index is 13.5. The van der Waals surface area contributed by atoms with Crippen molar-refractivity contribution in [2.24, 2.45) is 0 Å². The first kappa shape index (κ1) is 16.0. The van der Waals surface area contributed by atoms with Gasteiger partial charge in [0.05, 0.1) is 16.6 Å². The number of rotatable bonds is 7. The van der Waals surface area contributed by atoms with E-state index in [1.54, 1.807) is 0 Å². The van der Waals surface area contributed by atoms with E-state index in [0.717, 1.165) is 18.2 Å². The number of nitro groups is 1. The van der Waals surface area contributed by atoms with Gasteiger partial charge in [-0.25, -0.2) is 4.39 Å². The van der Waals surface area contributed by atoms with Crippen molar-refractivity contribution in [3.8, 4) is 0 Å². The lowest BCUT2D eigenvalue weighted by atomic mass is 10.1.